The van der Waals surface area contributed by atoms with Crippen molar-refractivity contribution in [2.45, 2.75) is 64.8 Å². The number of aliphatic carboxylic acids is 1. The molecule has 1 amide bonds. The molecule has 0 radical (unpaired) electrons. The summed E-state index contributed by atoms with van der Waals surface area (Å²) in [6.45, 7) is 4.11. The third-order valence-electron chi connectivity index (χ3n) is 8.65. The van der Waals surface area contributed by atoms with Crippen LogP contribution in [-0.4, -0.2) is 23.0 Å². The number of carboxylic acid groups (broad SMARTS) is 1. The Bertz CT molecular complexity index is 1430. The van der Waals surface area contributed by atoms with Gasteiger partial charge in [0.2, 0.25) is 0 Å². The van der Waals surface area contributed by atoms with Crippen molar-refractivity contribution in [3.63, 3.8) is 0 Å². The summed E-state index contributed by atoms with van der Waals surface area (Å²) in [7, 11) is 0. The van der Waals surface area contributed by atoms with Gasteiger partial charge in [0.1, 0.15) is 24.2 Å². The van der Waals surface area contributed by atoms with Gasteiger partial charge in [0.05, 0.1) is 11.1 Å². The van der Waals surface area contributed by atoms with Crippen molar-refractivity contribution in [1.82, 2.24) is 5.32 Å². The number of benzene rings is 3. The Morgan fingerprint density at radius 2 is 1.66 bits per heavy atom. The molecule has 218 valence electrons. The van der Waals surface area contributed by atoms with Crippen molar-refractivity contribution in [3.05, 3.63) is 77.1 Å². The topological polar surface area (TPSA) is 75.6 Å². The van der Waals surface area contributed by atoms with Crippen LogP contribution in [0.2, 0.25) is 0 Å². The van der Waals surface area contributed by atoms with E-state index in [-0.39, 0.29) is 17.9 Å². The first kappa shape index (κ1) is 28.9. The molecular formula is C32H33F4NO4. The number of rotatable bonds is 7. The summed E-state index contributed by atoms with van der Waals surface area (Å²) in [5.74, 6) is -0.992. The van der Waals surface area contributed by atoms with Crippen molar-refractivity contribution in [3.8, 4) is 5.75 Å². The summed E-state index contributed by atoms with van der Waals surface area (Å²) >= 11 is 0. The Kier molecular flexibility index (Phi) is 7.74. The predicted octanol–water partition coefficient (Wildman–Crippen LogP) is 7.61. The molecule has 5 rings (SSSR count). The quantitative estimate of drug-likeness (QED) is 0.286. The molecule has 0 aromatic heterocycles. The number of hydrogen-bond acceptors (Lipinski definition) is 3. The zero-order valence-electron chi connectivity index (χ0n) is 22.9. The fourth-order valence-electron chi connectivity index (χ4n) is 7.37. The van der Waals surface area contributed by atoms with Gasteiger partial charge in [-0.15, -0.1) is 0 Å². The van der Waals surface area contributed by atoms with E-state index in [1.807, 2.05) is 0 Å². The lowest BCUT2D eigenvalue weighted by Crippen LogP contribution is -2.57. The van der Waals surface area contributed by atoms with Crippen molar-refractivity contribution in [1.29, 1.82) is 0 Å². The predicted molar refractivity (Wildman–Crippen MR) is 146 cm³/mol. The minimum Gasteiger partial charge on any atom is -0.487 e. The summed E-state index contributed by atoms with van der Waals surface area (Å²) in [6.07, 6.45) is -0.214. The molecule has 9 heteroatoms. The maximum atomic E-state index is 14.0. The van der Waals surface area contributed by atoms with Gasteiger partial charge in [-0.3, -0.25) is 4.79 Å². The maximum absolute atomic E-state index is 14.0. The standard InChI is InChI=1S/C32H33F4NO4/c1-18-11-21-12-19(2)15-31(14-18,16-21)28(30(39)40)37-29(38)26-9-5-22-13-24(33)8-10-25(22)27(26)41-17-20-3-6-23(7-4-20)32(34,35)36/h3-10,13,18-19,21,28H,11-12,14-17H2,1-2H3,(H,37,38)(H,39,40). The average Bonchev–Trinajstić information content (AvgIpc) is 2.88. The highest BCUT2D eigenvalue weighted by molar-refractivity contribution is 6.05. The second kappa shape index (κ2) is 11.0. The first-order valence-electron chi connectivity index (χ1n) is 13.9. The molecular weight excluding hydrogens is 538 g/mol. The third-order valence-corrected chi connectivity index (χ3v) is 8.65. The fraction of sp³-hybridized carbons (Fsp3) is 0.438. The van der Waals surface area contributed by atoms with Gasteiger partial charge in [0.15, 0.2) is 0 Å². The number of halogens is 4. The molecule has 3 unspecified atom stereocenters. The maximum Gasteiger partial charge on any atom is 0.416 e. The van der Waals surface area contributed by atoms with Crippen LogP contribution in [0.3, 0.4) is 0 Å². The molecule has 2 bridgehead atoms. The van der Waals surface area contributed by atoms with Crippen molar-refractivity contribution in [2.24, 2.45) is 23.2 Å². The van der Waals surface area contributed by atoms with Gasteiger partial charge < -0.3 is 15.2 Å². The number of hydrogen-bond donors (Lipinski definition) is 2. The van der Waals surface area contributed by atoms with Gasteiger partial charge in [-0.25, -0.2) is 9.18 Å². The Labute approximate surface area is 235 Å². The third kappa shape index (κ3) is 6.04. The average molecular weight is 572 g/mol. The second-order valence-corrected chi connectivity index (χ2v) is 12.1. The highest BCUT2D eigenvalue weighted by atomic mass is 19.4. The van der Waals surface area contributed by atoms with E-state index in [1.54, 1.807) is 6.07 Å². The van der Waals surface area contributed by atoms with Crippen LogP contribution in [0.4, 0.5) is 17.6 Å². The molecule has 2 saturated carbocycles. The van der Waals surface area contributed by atoms with Crippen LogP contribution < -0.4 is 10.1 Å². The molecule has 3 aromatic rings. The molecule has 5 nitrogen and oxygen atoms in total. The summed E-state index contributed by atoms with van der Waals surface area (Å²) < 4.78 is 59.0. The minimum absolute atomic E-state index is 0.0722. The van der Waals surface area contributed by atoms with E-state index in [0.717, 1.165) is 31.4 Å². The van der Waals surface area contributed by atoms with Gasteiger partial charge in [-0.1, -0.05) is 32.0 Å². The number of amides is 1. The van der Waals surface area contributed by atoms with Gasteiger partial charge in [0.25, 0.3) is 5.91 Å². The second-order valence-electron chi connectivity index (χ2n) is 12.1. The van der Waals surface area contributed by atoms with Crippen molar-refractivity contribution in [2.75, 3.05) is 0 Å². The van der Waals surface area contributed by atoms with Crippen LogP contribution in [-0.2, 0) is 17.6 Å². The first-order valence-corrected chi connectivity index (χ1v) is 13.9. The van der Waals surface area contributed by atoms with Crippen LogP contribution in [0.15, 0.2) is 54.6 Å². The summed E-state index contributed by atoms with van der Waals surface area (Å²) in [4.78, 5) is 26.4. The largest absolute Gasteiger partial charge is 0.487 e. The number of carboxylic acids is 1. The number of ether oxygens (including phenoxy) is 1. The molecule has 0 aliphatic heterocycles. The van der Waals surface area contributed by atoms with E-state index >= 15 is 0 Å². The highest BCUT2D eigenvalue weighted by Gasteiger charge is 2.52. The van der Waals surface area contributed by atoms with Gasteiger partial charge in [-0.2, -0.15) is 13.2 Å². The lowest BCUT2D eigenvalue weighted by molar-refractivity contribution is -0.147. The SMILES string of the molecule is CC1CC2CC(C)CC(C(NC(=O)c3ccc4cc(F)ccc4c3OCc3ccc(C(F)(F)F)cc3)C(=O)O)(C1)C2. The normalized spacial score (nSPS) is 25.0. The summed E-state index contributed by atoms with van der Waals surface area (Å²) in [5.41, 5.74) is -0.854. The van der Waals surface area contributed by atoms with Gasteiger partial charge >= 0.3 is 12.1 Å². The van der Waals surface area contributed by atoms with Crippen LogP contribution >= 0.6 is 0 Å². The first-order chi connectivity index (χ1) is 19.3. The smallest absolute Gasteiger partial charge is 0.416 e. The minimum atomic E-state index is -4.48. The number of alkyl halides is 3. The van der Waals surface area contributed by atoms with E-state index in [0.29, 0.717) is 46.9 Å². The lowest BCUT2D eigenvalue weighted by atomic mass is 9.54. The van der Waals surface area contributed by atoms with Gasteiger partial charge in [0, 0.05) is 10.8 Å². The lowest BCUT2D eigenvalue weighted by Gasteiger charge is -2.52. The number of carbonyl (C=O) groups excluding carboxylic acids is 1. The van der Waals surface area contributed by atoms with Crippen LogP contribution in [0.25, 0.3) is 10.8 Å². The van der Waals surface area contributed by atoms with Crippen LogP contribution in [0.1, 0.15) is 67.4 Å². The Balaban J connectivity index is 1.46. The Morgan fingerprint density at radius 3 is 2.27 bits per heavy atom. The van der Waals surface area contributed by atoms with E-state index in [9.17, 15) is 32.3 Å². The van der Waals surface area contributed by atoms with Gasteiger partial charge in [-0.05, 0) is 97.2 Å². The van der Waals surface area contributed by atoms with E-state index < -0.39 is 40.9 Å². The number of nitrogens with one attached hydrogen (secondary N) is 1. The zero-order valence-corrected chi connectivity index (χ0v) is 22.9. The molecule has 0 spiro atoms. The summed E-state index contributed by atoms with van der Waals surface area (Å²) in [6, 6.07) is 10.4. The molecule has 3 aromatic carbocycles. The highest BCUT2D eigenvalue weighted by Crippen LogP contribution is 2.54. The zero-order chi connectivity index (χ0) is 29.5. The molecule has 0 saturated heterocycles. The van der Waals surface area contributed by atoms with Crippen LogP contribution in [0.5, 0.6) is 5.75 Å². The van der Waals surface area contributed by atoms with Crippen molar-refractivity contribution < 1.29 is 37.0 Å². The fourth-order valence-corrected chi connectivity index (χ4v) is 7.37. The Hall–Kier alpha value is -3.62. The number of fused-ring (bicyclic) bond motifs is 3. The molecule has 3 atom stereocenters. The molecule has 2 aliphatic rings. The van der Waals surface area contributed by atoms with Crippen LogP contribution in [0, 0.1) is 29.0 Å². The van der Waals surface area contributed by atoms with Crippen molar-refractivity contribution >= 4 is 22.6 Å². The molecule has 2 aliphatic carbocycles. The monoisotopic (exact) mass is 571 g/mol. The number of carbonyl (C=O) groups is 2. The Morgan fingerprint density at radius 1 is 1.00 bits per heavy atom. The van der Waals surface area contributed by atoms with E-state index in [2.05, 4.69) is 19.2 Å². The van der Waals surface area contributed by atoms with E-state index in [4.69, 9.17) is 4.74 Å². The molecule has 41 heavy (non-hydrogen) atoms. The molecule has 0 heterocycles. The molecule has 2 N–H and O–H groups in total. The van der Waals surface area contributed by atoms with E-state index in [1.165, 1.54) is 36.4 Å². The molecule has 2 fully saturated rings. The summed E-state index contributed by atoms with van der Waals surface area (Å²) in [5, 5.41) is 14.0.